The van der Waals surface area contributed by atoms with Crippen LogP contribution in [0.1, 0.15) is 42.2 Å². The molecule has 0 unspecified atom stereocenters. The fourth-order valence-corrected chi connectivity index (χ4v) is 4.64. The summed E-state index contributed by atoms with van der Waals surface area (Å²) < 4.78 is 12.3. The molecule has 0 radical (unpaired) electrons. The van der Waals surface area contributed by atoms with Crippen LogP contribution in [0.3, 0.4) is 0 Å². The Morgan fingerprint density at radius 1 is 1.06 bits per heavy atom. The predicted octanol–water partition coefficient (Wildman–Crippen LogP) is 1.98. The molecule has 0 atom stereocenters. The van der Waals surface area contributed by atoms with E-state index in [1.807, 2.05) is 42.3 Å². The summed E-state index contributed by atoms with van der Waals surface area (Å²) in [7, 11) is 3.46. The van der Waals surface area contributed by atoms with E-state index in [1.54, 1.807) is 18.9 Å². The number of hydrogen-bond acceptors (Lipinski definition) is 7. The number of anilines is 1. The molecule has 1 amide bonds. The molecule has 1 aromatic heterocycles. The first-order chi connectivity index (χ1) is 15.9. The summed E-state index contributed by atoms with van der Waals surface area (Å²) in [5.41, 5.74) is -0.0305. The van der Waals surface area contributed by atoms with Gasteiger partial charge < -0.3 is 19.3 Å². The summed E-state index contributed by atoms with van der Waals surface area (Å²) in [5.74, 6) is -0.241. The Hall–Kier alpha value is -3.36. The first-order valence-electron chi connectivity index (χ1n) is 11.3. The van der Waals surface area contributed by atoms with Crippen molar-refractivity contribution in [3.05, 3.63) is 51.9 Å². The first kappa shape index (κ1) is 22.8. The molecular weight excluding hydrogens is 424 g/mol. The maximum absolute atomic E-state index is 13.2. The fourth-order valence-electron chi connectivity index (χ4n) is 4.64. The van der Waals surface area contributed by atoms with E-state index in [2.05, 4.69) is 4.98 Å². The quantitative estimate of drug-likeness (QED) is 0.616. The normalized spacial score (nSPS) is 17.5. The lowest BCUT2D eigenvalue weighted by Gasteiger charge is -2.38. The molecule has 2 fully saturated rings. The van der Waals surface area contributed by atoms with Crippen LogP contribution in [0.4, 0.5) is 5.95 Å². The highest BCUT2D eigenvalue weighted by Gasteiger charge is 2.47. The maximum Gasteiger partial charge on any atom is 0.361 e. The molecule has 0 aliphatic carbocycles. The molecule has 2 aromatic rings. The number of amides is 1. The highest BCUT2D eigenvalue weighted by molar-refractivity contribution is 5.90. The van der Waals surface area contributed by atoms with Crippen molar-refractivity contribution in [2.24, 2.45) is 12.5 Å². The van der Waals surface area contributed by atoms with Gasteiger partial charge in [0.2, 0.25) is 17.6 Å². The van der Waals surface area contributed by atoms with Crippen LogP contribution in [0.2, 0.25) is 0 Å². The van der Waals surface area contributed by atoms with Crippen molar-refractivity contribution in [3.63, 3.8) is 0 Å². The Balaban J connectivity index is 1.62. The van der Waals surface area contributed by atoms with E-state index in [0.29, 0.717) is 31.9 Å². The van der Waals surface area contributed by atoms with Crippen LogP contribution >= 0.6 is 0 Å². The molecule has 9 heteroatoms. The van der Waals surface area contributed by atoms with Crippen LogP contribution in [-0.2, 0) is 23.2 Å². The molecule has 0 N–H and O–H groups in total. The Morgan fingerprint density at radius 2 is 1.73 bits per heavy atom. The number of benzene rings is 1. The van der Waals surface area contributed by atoms with Gasteiger partial charge in [0.25, 0.3) is 5.56 Å². The van der Waals surface area contributed by atoms with Gasteiger partial charge >= 0.3 is 5.97 Å². The van der Waals surface area contributed by atoms with Gasteiger partial charge in [-0.3, -0.25) is 14.2 Å². The summed E-state index contributed by atoms with van der Waals surface area (Å²) >= 11 is 0. The van der Waals surface area contributed by atoms with Crippen molar-refractivity contribution in [2.45, 2.75) is 32.8 Å². The van der Waals surface area contributed by atoms with Crippen molar-refractivity contribution in [1.82, 2.24) is 14.5 Å². The Bertz CT molecular complexity index is 1090. The molecule has 3 heterocycles. The van der Waals surface area contributed by atoms with Crippen molar-refractivity contribution in [2.75, 3.05) is 38.2 Å². The minimum absolute atomic E-state index is 0.121. The zero-order valence-electron chi connectivity index (χ0n) is 19.4. The maximum atomic E-state index is 13.2. The van der Waals surface area contributed by atoms with Crippen LogP contribution in [0.5, 0.6) is 5.75 Å². The predicted molar refractivity (Wildman–Crippen MR) is 122 cm³/mol. The summed E-state index contributed by atoms with van der Waals surface area (Å²) in [6.45, 7) is 3.91. The zero-order valence-corrected chi connectivity index (χ0v) is 19.4. The number of hydrogen-bond donors (Lipinski definition) is 0. The third-order valence-corrected chi connectivity index (χ3v) is 6.65. The van der Waals surface area contributed by atoms with Gasteiger partial charge in [-0.05, 0) is 31.7 Å². The Kier molecular flexibility index (Phi) is 6.40. The first-order valence-corrected chi connectivity index (χ1v) is 11.3. The van der Waals surface area contributed by atoms with Gasteiger partial charge in [0.1, 0.15) is 6.61 Å². The van der Waals surface area contributed by atoms with Crippen LogP contribution in [-0.4, -0.2) is 59.6 Å². The lowest BCUT2D eigenvalue weighted by Crippen LogP contribution is -2.46. The van der Waals surface area contributed by atoms with E-state index in [1.165, 1.54) is 4.57 Å². The standard InChI is InChI=1S/C24H30N4O5/c1-4-32-21(30)18-19(33-16-17-8-6-5-7-9-17)20(29)27(3)23(25-18)28-14-11-24(12-15-28)10-13-26(2)22(24)31/h5-9H,4,10-16H2,1-3H3. The zero-order chi connectivity index (χ0) is 23.6. The molecule has 2 aliphatic heterocycles. The third kappa shape index (κ3) is 4.31. The largest absolute Gasteiger partial charge is 0.481 e. The van der Waals surface area contributed by atoms with Gasteiger partial charge in [-0.15, -0.1) is 0 Å². The SMILES string of the molecule is CCOC(=O)c1nc(N2CCC3(CCN(C)C3=O)CC2)n(C)c(=O)c1OCc1ccccc1. The number of aromatic nitrogens is 2. The summed E-state index contributed by atoms with van der Waals surface area (Å²) in [6.07, 6.45) is 2.23. The van der Waals surface area contributed by atoms with Gasteiger partial charge in [-0.1, -0.05) is 30.3 Å². The fraction of sp³-hybridized carbons (Fsp3) is 0.500. The van der Waals surface area contributed by atoms with Crippen LogP contribution in [0, 0.1) is 5.41 Å². The third-order valence-electron chi connectivity index (χ3n) is 6.65. The molecule has 0 saturated carbocycles. The Morgan fingerprint density at radius 3 is 2.33 bits per heavy atom. The van der Waals surface area contributed by atoms with E-state index in [9.17, 15) is 14.4 Å². The monoisotopic (exact) mass is 454 g/mol. The number of rotatable bonds is 6. The lowest BCUT2D eigenvalue weighted by molar-refractivity contribution is -0.135. The smallest absolute Gasteiger partial charge is 0.361 e. The van der Waals surface area contributed by atoms with Gasteiger partial charge in [-0.25, -0.2) is 9.78 Å². The second-order valence-corrected chi connectivity index (χ2v) is 8.69. The van der Waals surface area contributed by atoms with Gasteiger partial charge in [0.05, 0.1) is 12.0 Å². The number of ether oxygens (including phenoxy) is 2. The van der Waals surface area contributed by atoms with Crippen molar-refractivity contribution in [1.29, 1.82) is 0 Å². The molecule has 1 aromatic carbocycles. The average molecular weight is 455 g/mol. The molecule has 1 spiro atoms. The molecule has 33 heavy (non-hydrogen) atoms. The molecule has 0 bridgehead atoms. The number of carbonyl (C=O) groups excluding carboxylic acids is 2. The van der Waals surface area contributed by atoms with Gasteiger partial charge in [-0.2, -0.15) is 0 Å². The lowest BCUT2D eigenvalue weighted by atomic mass is 9.77. The molecular formula is C24H30N4O5. The molecule has 4 rings (SSSR count). The van der Waals surface area contributed by atoms with E-state index in [0.717, 1.165) is 18.5 Å². The van der Waals surface area contributed by atoms with Gasteiger partial charge in [0, 0.05) is 33.7 Å². The topological polar surface area (TPSA) is 94.0 Å². The van der Waals surface area contributed by atoms with Crippen molar-refractivity contribution < 1.29 is 19.1 Å². The van der Waals surface area contributed by atoms with Crippen LogP contribution < -0.4 is 15.2 Å². The van der Waals surface area contributed by atoms with Crippen LogP contribution in [0.15, 0.2) is 35.1 Å². The molecule has 176 valence electrons. The highest BCUT2D eigenvalue weighted by Crippen LogP contribution is 2.41. The minimum Gasteiger partial charge on any atom is -0.481 e. The number of piperidine rings is 1. The number of likely N-dealkylation sites (tertiary alicyclic amines) is 1. The van der Waals surface area contributed by atoms with Crippen molar-refractivity contribution >= 4 is 17.8 Å². The van der Waals surface area contributed by atoms with Gasteiger partial charge in [0.15, 0.2) is 5.69 Å². The minimum atomic E-state index is -0.694. The second kappa shape index (κ2) is 9.25. The molecule has 2 saturated heterocycles. The number of nitrogens with zero attached hydrogens (tertiary/aromatic N) is 4. The van der Waals surface area contributed by atoms with E-state index >= 15 is 0 Å². The summed E-state index contributed by atoms with van der Waals surface area (Å²) in [4.78, 5) is 46.8. The van der Waals surface area contributed by atoms with Crippen molar-refractivity contribution in [3.8, 4) is 5.75 Å². The molecule has 9 nitrogen and oxygen atoms in total. The Labute approximate surface area is 192 Å². The summed E-state index contributed by atoms with van der Waals surface area (Å²) in [5, 5.41) is 0. The van der Waals surface area contributed by atoms with E-state index < -0.39 is 11.5 Å². The summed E-state index contributed by atoms with van der Waals surface area (Å²) in [6, 6.07) is 9.40. The highest BCUT2D eigenvalue weighted by atomic mass is 16.5. The number of carbonyl (C=O) groups is 2. The van der Waals surface area contributed by atoms with Crippen LogP contribution in [0.25, 0.3) is 0 Å². The van der Waals surface area contributed by atoms with E-state index in [4.69, 9.17) is 9.47 Å². The second-order valence-electron chi connectivity index (χ2n) is 8.69. The average Bonchev–Trinajstić information content (AvgIpc) is 3.10. The number of esters is 1. The van der Waals surface area contributed by atoms with E-state index in [-0.39, 0.29) is 36.0 Å². The molecule has 2 aliphatic rings.